The summed E-state index contributed by atoms with van der Waals surface area (Å²) in [5.74, 6) is 0. The van der Waals surface area contributed by atoms with Crippen LogP contribution in [-0.2, 0) is 6.42 Å². The Morgan fingerprint density at radius 1 is 1.29 bits per heavy atom. The zero-order valence-electron chi connectivity index (χ0n) is 12.9. The molecule has 0 saturated carbocycles. The topological polar surface area (TPSA) is 32.5 Å². The Kier molecular flexibility index (Phi) is 4.72. The minimum Gasteiger partial charge on any atom is -0.370 e. The molecule has 2 atom stereocenters. The van der Waals surface area contributed by atoms with Gasteiger partial charge in [-0.05, 0) is 56.8 Å². The van der Waals surface area contributed by atoms with Crippen LogP contribution in [0.15, 0.2) is 18.2 Å². The summed E-state index contributed by atoms with van der Waals surface area (Å²) < 4.78 is 0. The van der Waals surface area contributed by atoms with Crippen molar-refractivity contribution < 1.29 is 0 Å². The molecule has 2 saturated heterocycles. The quantitative estimate of drug-likeness (QED) is 0.932. The number of rotatable bonds is 3. The zero-order valence-corrected chi connectivity index (χ0v) is 13.6. The molecule has 3 nitrogen and oxygen atoms in total. The Labute approximate surface area is 133 Å². The normalized spacial score (nSPS) is 24.7. The second-order valence-corrected chi connectivity index (χ2v) is 7.02. The van der Waals surface area contributed by atoms with Crippen LogP contribution < -0.4 is 10.6 Å². The molecule has 0 bridgehead atoms. The molecule has 4 heteroatoms. The average molecular weight is 308 g/mol. The van der Waals surface area contributed by atoms with Crippen molar-refractivity contribution in [2.24, 2.45) is 5.73 Å². The monoisotopic (exact) mass is 307 g/mol. The number of hydrogen-bond acceptors (Lipinski definition) is 3. The van der Waals surface area contributed by atoms with Gasteiger partial charge in [-0.3, -0.25) is 4.90 Å². The highest BCUT2D eigenvalue weighted by atomic mass is 35.5. The molecule has 0 radical (unpaired) electrons. The number of anilines is 1. The van der Waals surface area contributed by atoms with E-state index in [0.29, 0.717) is 0 Å². The Balaban J connectivity index is 1.85. The summed E-state index contributed by atoms with van der Waals surface area (Å²) in [6, 6.07) is 7.17. The number of nitrogens with zero attached hydrogens (tertiary/aromatic N) is 2. The number of benzene rings is 1. The van der Waals surface area contributed by atoms with E-state index in [1.54, 1.807) is 0 Å². The van der Waals surface area contributed by atoms with Gasteiger partial charge >= 0.3 is 0 Å². The molecule has 116 valence electrons. The molecule has 0 aliphatic carbocycles. The zero-order chi connectivity index (χ0) is 14.8. The molecule has 1 aromatic carbocycles. The van der Waals surface area contributed by atoms with Gasteiger partial charge < -0.3 is 10.6 Å². The van der Waals surface area contributed by atoms with E-state index in [4.69, 9.17) is 17.3 Å². The fraction of sp³-hybridized carbons (Fsp3) is 0.647. The Morgan fingerprint density at radius 2 is 2.10 bits per heavy atom. The van der Waals surface area contributed by atoms with Crippen LogP contribution in [-0.4, -0.2) is 43.2 Å². The summed E-state index contributed by atoms with van der Waals surface area (Å²) in [5, 5.41) is 0.825. The minimum absolute atomic E-state index is 0.180. The van der Waals surface area contributed by atoms with E-state index in [1.807, 2.05) is 6.07 Å². The molecule has 2 heterocycles. The van der Waals surface area contributed by atoms with Crippen molar-refractivity contribution in [2.75, 3.05) is 31.1 Å². The molecule has 2 unspecified atom stereocenters. The SMILES string of the molecule is CC(N)Cc1ccc(Cl)cc1N1CCCN2CCCC2C1. The van der Waals surface area contributed by atoms with Gasteiger partial charge in [-0.25, -0.2) is 0 Å². The van der Waals surface area contributed by atoms with Crippen molar-refractivity contribution in [3.63, 3.8) is 0 Å². The first-order valence-electron chi connectivity index (χ1n) is 8.16. The first-order valence-corrected chi connectivity index (χ1v) is 8.54. The number of halogens is 1. The van der Waals surface area contributed by atoms with Crippen LogP contribution in [0.3, 0.4) is 0 Å². The van der Waals surface area contributed by atoms with Crippen LogP contribution in [0.5, 0.6) is 0 Å². The highest BCUT2D eigenvalue weighted by Crippen LogP contribution is 2.30. The predicted molar refractivity (Wildman–Crippen MR) is 90.2 cm³/mol. The Bertz CT molecular complexity index is 489. The first kappa shape index (κ1) is 15.1. The maximum atomic E-state index is 6.26. The molecule has 0 spiro atoms. The van der Waals surface area contributed by atoms with Gasteiger partial charge in [-0.15, -0.1) is 0 Å². The van der Waals surface area contributed by atoms with E-state index in [2.05, 4.69) is 28.9 Å². The Morgan fingerprint density at radius 3 is 2.90 bits per heavy atom. The van der Waals surface area contributed by atoms with Crippen LogP contribution in [0.1, 0.15) is 31.7 Å². The number of hydrogen-bond donors (Lipinski definition) is 1. The van der Waals surface area contributed by atoms with Crippen molar-refractivity contribution in [2.45, 2.75) is 44.7 Å². The van der Waals surface area contributed by atoms with Gasteiger partial charge in [0.2, 0.25) is 0 Å². The molecule has 0 amide bonds. The largest absolute Gasteiger partial charge is 0.370 e. The number of nitrogens with two attached hydrogens (primary N) is 1. The Hall–Kier alpha value is -0.770. The molecule has 2 fully saturated rings. The molecule has 2 aliphatic heterocycles. The van der Waals surface area contributed by atoms with Crippen LogP contribution in [0, 0.1) is 0 Å². The summed E-state index contributed by atoms with van der Waals surface area (Å²) in [6.45, 7) is 6.84. The van der Waals surface area contributed by atoms with Crippen LogP contribution in [0.2, 0.25) is 5.02 Å². The van der Waals surface area contributed by atoms with Crippen molar-refractivity contribution >= 4 is 17.3 Å². The van der Waals surface area contributed by atoms with Gasteiger partial charge in [0.1, 0.15) is 0 Å². The van der Waals surface area contributed by atoms with Crippen LogP contribution >= 0.6 is 11.6 Å². The fourth-order valence-electron chi connectivity index (χ4n) is 3.78. The minimum atomic E-state index is 0.180. The fourth-order valence-corrected chi connectivity index (χ4v) is 3.94. The molecular formula is C17H26ClN3. The van der Waals surface area contributed by atoms with Crippen molar-refractivity contribution in [3.05, 3.63) is 28.8 Å². The molecule has 2 aliphatic rings. The smallest absolute Gasteiger partial charge is 0.0426 e. The first-order chi connectivity index (χ1) is 10.1. The summed E-state index contributed by atoms with van der Waals surface area (Å²) in [5.41, 5.74) is 8.65. The standard InChI is InChI=1S/C17H26ClN3/c1-13(19)10-14-5-6-15(18)11-17(14)21-9-3-8-20-7-2-4-16(20)12-21/h5-6,11,13,16H,2-4,7-10,12,19H2,1H3. The van der Waals surface area contributed by atoms with Gasteiger partial charge in [0.05, 0.1) is 0 Å². The van der Waals surface area contributed by atoms with Gasteiger partial charge in [-0.1, -0.05) is 17.7 Å². The number of fused-ring (bicyclic) bond motifs is 1. The molecule has 0 aromatic heterocycles. The lowest BCUT2D eigenvalue weighted by molar-refractivity contribution is 0.273. The van der Waals surface area contributed by atoms with Crippen molar-refractivity contribution in [1.82, 2.24) is 4.90 Å². The van der Waals surface area contributed by atoms with E-state index in [0.717, 1.165) is 30.6 Å². The van der Waals surface area contributed by atoms with Crippen LogP contribution in [0.25, 0.3) is 0 Å². The summed E-state index contributed by atoms with van der Waals surface area (Å²) in [6.07, 6.45) is 4.83. The van der Waals surface area contributed by atoms with Gasteiger partial charge in [0.25, 0.3) is 0 Å². The molecule has 2 N–H and O–H groups in total. The van der Waals surface area contributed by atoms with E-state index >= 15 is 0 Å². The van der Waals surface area contributed by atoms with Crippen molar-refractivity contribution in [3.8, 4) is 0 Å². The van der Waals surface area contributed by atoms with Gasteiger partial charge in [0, 0.05) is 42.4 Å². The second-order valence-electron chi connectivity index (χ2n) is 6.59. The molecule has 1 aromatic rings. The lowest BCUT2D eigenvalue weighted by Gasteiger charge is -2.29. The average Bonchev–Trinajstić information content (AvgIpc) is 2.78. The summed E-state index contributed by atoms with van der Waals surface area (Å²) in [4.78, 5) is 5.20. The maximum Gasteiger partial charge on any atom is 0.0426 e. The summed E-state index contributed by atoms with van der Waals surface area (Å²) >= 11 is 6.26. The van der Waals surface area contributed by atoms with E-state index in [1.165, 1.54) is 43.6 Å². The lowest BCUT2D eigenvalue weighted by Crippen LogP contribution is -2.37. The third-order valence-corrected chi connectivity index (χ3v) is 4.97. The van der Waals surface area contributed by atoms with E-state index in [9.17, 15) is 0 Å². The van der Waals surface area contributed by atoms with Crippen molar-refractivity contribution in [1.29, 1.82) is 0 Å². The highest BCUT2D eigenvalue weighted by molar-refractivity contribution is 6.30. The third kappa shape index (κ3) is 3.53. The molecule has 21 heavy (non-hydrogen) atoms. The van der Waals surface area contributed by atoms with E-state index < -0.39 is 0 Å². The molecular weight excluding hydrogens is 282 g/mol. The predicted octanol–water partition coefficient (Wildman–Crippen LogP) is 2.90. The maximum absolute atomic E-state index is 6.26. The second kappa shape index (κ2) is 6.55. The summed E-state index contributed by atoms with van der Waals surface area (Å²) in [7, 11) is 0. The van der Waals surface area contributed by atoms with E-state index in [-0.39, 0.29) is 6.04 Å². The molecule has 3 rings (SSSR count). The van der Waals surface area contributed by atoms with Gasteiger partial charge in [-0.2, -0.15) is 0 Å². The lowest BCUT2D eigenvalue weighted by atomic mass is 10.0. The highest BCUT2D eigenvalue weighted by Gasteiger charge is 2.29. The van der Waals surface area contributed by atoms with Gasteiger partial charge in [0.15, 0.2) is 0 Å². The third-order valence-electron chi connectivity index (χ3n) is 4.73. The van der Waals surface area contributed by atoms with Crippen LogP contribution in [0.4, 0.5) is 5.69 Å².